The molecule has 0 saturated heterocycles. The molecule has 0 radical (unpaired) electrons. The molecule has 1 N–H and O–H groups in total. The first-order chi connectivity index (χ1) is 9.60. The van der Waals surface area contributed by atoms with Gasteiger partial charge in [-0.2, -0.15) is 5.10 Å². The van der Waals surface area contributed by atoms with E-state index in [0.717, 1.165) is 37.1 Å². The van der Waals surface area contributed by atoms with Crippen molar-refractivity contribution in [3.05, 3.63) is 16.4 Å². The van der Waals surface area contributed by atoms with Crippen LogP contribution in [0.1, 0.15) is 32.0 Å². The number of hydrogen-bond acceptors (Lipinski definition) is 4. The van der Waals surface area contributed by atoms with E-state index >= 15 is 0 Å². The smallest absolute Gasteiger partial charge is 0.0741 e. The Balaban J connectivity index is 2.79. The van der Waals surface area contributed by atoms with Crippen LogP contribution in [-0.2, 0) is 11.3 Å². The minimum atomic E-state index is 0.172. The molecule has 0 amide bonds. The Morgan fingerprint density at radius 2 is 2.20 bits per heavy atom. The van der Waals surface area contributed by atoms with Gasteiger partial charge in [0.1, 0.15) is 0 Å². The largest absolute Gasteiger partial charge is 0.379 e. The predicted molar refractivity (Wildman–Crippen MR) is 86.0 cm³/mol. The van der Waals surface area contributed by atoms with Gasteiger partial charge in [-0.1, -0.05) is 13.8 Å². The van der Waals surface area contributed by atoms with Crippen LogP contribution in [0.4, 0.5) is 0 Å². The number of aromatic nitrogens is 2. The molecular weight excluding hydrogens is 320 g/mol. The highest BCUT2D eigenvalue weighted by Crippen LogP contribution is 2.23. The molecule has 0 spiro atoms. The van der Waals surface area contributed by atoms with Crippen LogP contribution in [0.3, 0.4) is 0 Å². The highest BCUT2D eigenvalue weighted by Gasteiger charge is 2.19. The molecule has 20 heavy (non-hydrogen) atoms. The fourth-order valence-electron chi connectivity index (χ4n) is 2.02. The monoisotopic (exact) mass is 346 g/mol. The molecule has 116 valence electrons. The molecule has 1 rings (SSSR count). The van der Waals surface area contributed by atoms with E-state index in [9.17, 15) is 0 Å². The van der Waals surface area contributed by atoms with Gasteiger partial charge in [-0.25, -0.2) is 0 Å². The fraction of sp³-hybridized carbons (Fsp3) is 0.786. The molecular formula is C14H27BrN4O. The summed E-state index contributed by atoms with van der Waals surface area (Å²) in [5.74, 6) is 0. The van der Waals surface area contributed by atoms with E-state index < -0.39 is 0 Å². The number of hydrogen-bond donors (Lipinski definition) is 1. The van der Waals surface area contributed by atoms with Crippen LogP contribution in [0.5, 0.6) is 0 Å². The molecule has 0 aromatic carbocycles. The lowest BCUT2D eigenvalue weighted by Gasteiger charge is -2.21. The van der Waals surface area contributed by atoms with Gasteiger partial charge in [-0.3, -0.25) is 4.68 Å². The Hall–Kier alpha value is -0.430. The van der Waals surface area contributed by atoms with Crippen LogP contribution in [0.25, 0.3) is 0 Å². The quantitative estimate of drug-likeness (QED) is 0.660. The highest BCUT2D eigenvalue weighted by molar-refractivity contribution is 9.10. The van der Waals surface area contributed by atoms with Gasteiger partial charge in [-0.15, -0.1) is 0 Å². The second-order valence-corrected chi connectivity index (χ2v) is 5.94. The van der Waals surface area contributed by atoms with E-state index in [-0.39, 0.29) is 6.04 Å². The highest BCUT2D eigenvalue weighted by atomic mass is 79.9. The zero-order chi connectivity index (χ0) is 15.0. The number of nitrogens with one attached hydrogen (secondary N) is 1. The Morgan fingerprint density at radius 1 is 1.45 bits per heavy atom. The van der Waals surface area contributed by atoms with Gasteiger partial charge in [0, 0.05) is 13.2 Å². The van der Waals surface area contributed by atoms with Crippen molar-refractivity contribution >= 4 is 15.9 Å². The molecule has 1 aromatic rings. The van der Waals surface area contributed by atoms with Crippen molar-refractivity contribution < 1.29 is 4.74 Å². The van der Waals surface area contributed by atoms with E-state index in [4.69, 9.17) is 4.74 Å². The number of ether oxygens (including phenoxy) is 1. The van der Waals surface area contributed by atoms with Gasteiger partial charge in [0.2, 0.25) is 0 Å². The number of halogens is 1. The molecule has 1 heterocycles. The molecule has 5 nitrogen and oxygen atoms in total. The molecule has 1 atom stereocenters. The van der Waals surface area contributed by atoms with E-state index in [0.29, 0.717) is 6.61 Å². The van der Waals surface area contributed by atoms with Crippen molar-refractivity contribution in [3.63, 3.8) is 0 Å². The maximum absolute atomic E-state index is 5.72. The standard InChI is InChI=1S/C14H27BrN4O/c1-5-9-20-11-13(16-6-2)14-12(15)10-17-19(14)8-7-18(3)4/h10,13,16H,5-9,11H2,1-4H3. The lowest BCUT2D eigenvalue weighted by Crippen LogP contribution is -2.29. The Morgan fingerprint density at radius 3 is 2.80 bits per heavy atom. The number of likely N-dealkylation sites (N-methyl/N-ethyl adjacent to an activating group) is 2. The summed E-state index contributed by atoms with van der Waals surface area (Å²) in [5, 5.41) is 7.95. The summed E-state index contributed by atoms with van der Waals surface area (Å²) in [6.07, 6.45) is 2.91. The van der Waals surface area contributed by atoms with Crippen molar-refractivity contribution in [1.29, 1.82) is 0 Å². The molecule has 0 fully saturated rings. The molecule has 6 heteroatoms. The summed E-state index contributed by atoms with van der Waals surface area (Å²) in [5.41, 5.74) is 1.17. The second kappa shape index (κ2) is 9.50. The molecule has 0 aliphatic heterocycles. The Labute approximate surface area is 130 Å². The van der Waals surface area contributed by atoms with Gasteiger partial charge in [-0.05, 0) is 43.0 Å². The van der Waals surface area contributed by atoms with E-state index in [1.807, 2.05) is 6.20 Å². The first-order valence-corrected chi connectivity index (χ1v) is 8.06. The summed E-state index contributed by atoms with van der Waals surface area (Å²) >= 11 is 3.61. The van der Waals surface area contributed by atoms with Crippen molar-refractivity contribution in [2.45, 2.75) is 32.9 Å². The van der Waals surface area contributed by atoms with Gasteiger partial charge >= 0.3 is 0 Å². The van der Waals surface area contributed by atoms with Gasteiger partial charge in [0.15, 0.2) is 0 Å². The van der Waals surface area contributed by atoms with Crippen molar-refractivity contribution in [3.8, 4) is 0 Å². The van der Waals surface area contributed by atoms with Crippen LogP contribution in [0.15, 0.2) is 10.7 Å². The van der Waals surface area contributed by atoms with Crippen molar-refractivity contribution in [2.75, 3.05) is 40.4 Å². The zero-order valence-corrected chi connectivity index (χ0v) is 14.6. The SMILES string of the molecule is CCCOCC(NCC)c1c(Br)cnn1CCN(C)C. The molecule has 0 aliphatic carbocycles. The summed E-state index contributed by atoms with van der Waals surface area (Å²) < 4.78 is 8.83. The molecule has 1 aromatic heterocycles. The lowest BCUT2D eigenvalue weighted by atomic mass is 10.2. The van der Waals surface area contributed by atoms with E-state index in [1.54, 1.807) is 0 Å². The lowest BCUT2D eigenvalue weighted by molar-refractivity contribution is 0.109. The van der Waals surface area contributed by atoms with Crippen LogP contribution < -0.4 is 5.32 Å². The average Bonchev–Trinajstić information content (AvgIpc) is 2.77. The zero-order valence-electron chi connectivity index (χ0n) is 13.0. The maximum Gasteiger partial charge on any atom is 0.0741 e. The van der Waals surface area contributed by atoms with Crippen LogP contribution in [0, 0.1) is 0 Å². The van der Waals surface area contributed by atoms with E-state index in [1.165, 1.54) is 5.69 Å². The van der Waals surface area contributed by atoms with Crippen LogP contribution in [-0.4, -0.2) is 55.1 Å². The number of rotatable bonds is 10. The Bertz CT molecular complexity index is 381. The average molecular weight is 347 g/mol. The minimum Gasteiger partial charge on any atom is -0.379 e. The molecule has 0 bridgehead atoms. The van der Waals surface area contributed by atoms with Gasteiger partial charge in [0.25, 0.3) is 0 Å². The first-order valence-electron chi connectivity index (χ1n) is 7.27. The van der Waals surface area contributed by atoms with Gasteiger partial charge in [0.05, 0.1) is 35.6 Å². The Kier molecular flexibility index (Phi) is 8.37. The molecule has 1 unspecified atom stereocenters. The first kappa shape index (κ1) is 17.6. The summed E-state index contributed by atoms with van der Waals surface area (Å²) in [6, 6.07) is 0.172. The third kappa shape index (κ3) is 5.52. The van der Waals surface area contributed by atoms with Crippen LogP contribution >= 0.6 is 15.9 Å². The third-order valence-electron chi connectivity index (χ3n) is 3.01. The van der Waals surface area contributed by atoms with Gasteiger partial charge < -0.3 is 15.0 Å². The van der Waals surface area contributed by atoms with Crippen LogP contribution in [0.2, 0.25) is 0 Å². The summed E-state index contributed by atoms with van der Waals surface area (Å²) in [7, 11) is 4.15. The second-order valence-electron chi connectivity index (χ2n) is 5.09. The summed E-state index contributed by atoms with van der Waals surface area (Å²) in [4.78, 5) is 2.16. The number of nitrogens with zero attached hydrogens (tertiary/aromatic N) is 3. The van der Waals surface area contributed by atoms with Crippen molar-refractivity contribution in [2.24, 2.45) is 0 Å². The topological polar surface area (TPSA) is 42.3 Å². The molecule has 0 aliphatic rings. The normalized spacial score (nSPS) is 13.1. The minimum absolute atomic E-state index is 0.172. The predicted octanol–water partition coefficient (Wildman–Crippen LogP) is 2.28. The third-order valence-corrected chi connectivity index (χ3v) is 3.62. The van der Waals surface area contributed by atoms with Crippen molar-refractivity contribution in [1.82, 2.24) is 20.0 Å². The maximum atomic E-state index is 5.72. The fourth-order valence-corrected chi connectivity index (χ4v) is 2.59. The summed E-state index contributed by atoms with van der Waals surface area (Å²) in [6.45, 7) is 8.46. The molecule has 0 saturated carbocycles. The van der Waals surface area contributed by atoms with E-state index in [2.05, 4.69) is 63.9 Å².